The van der Waals surface area contributed by atoms with Gasteiger partial charge in [0.15, 0.2) is 0 Å². The third-order valence-electron chi connectivity index (χ3n) is 2.83. The van der Waals surface area contributed by atoms with Gasteiger partial charge in [0.2, 0.25) is 0 Å². The smallest absolute Gasteiger partial charge is 0.128 e. The number of nitriles is 1. The predicted octanol–water partition coefficient (Wildman–Crippen LogP) is 3.76. The Hall–Kier alpha value is -2.41. The van der Waals surface area contributed by atoms with Crippen LogP contribution in [-0.2, 0) is 6.54 Å². The molecule has 0 aromatic heterocycles. The molecule has 4 heteroatoms. The molecule has 0 saturated carbocycles. The normalized spacial score (nSPS) is 10.0. The molecule has 2 nitrogen and oxygen atoms in total. The van der Waals surface area contributed by atoms with E-state index in [1.54, 1.807) is 19.1 Å². The molecule has 0 saturated heterocycles. The van der Waals surface area contributed by atoms with Gasteiger partial charge in [-0.2, -0.15) is 5.26 Å². The number of benzene rings is 2. The number of hydrogen-bond donors (Lipinski definition) is 1. The van der Waals surface area contributed by atoms with Crippen LogP contribution in [0.4, 0.5) is 14.5 Å². The van der Waals surface area contributed by atoms with Crippen LogP contribution in [0.25, 0.3) is 0 Å². The SMILES string of the molecule is Cc1ccc(NCc2cc(C#N)ccc2F)cc1F. The molecule has 0 amide bonds. The van der Waals surface area contributed by atoms with Crippen molar-refractivity contribution in [2.75, 3.05) is 5.32 Å². The van der Waals surface area contributed by atoms with Gasteiger partial charge in [-0.15, -0.1) is 0 Å². The van der Waals surface area contributed by atoms with E-state index in [0.717, 1.165) is 0 Å². The first-order chi connectivity index (χ1) is 9.10. The highest BCUT2D eigenvalue weighted by Crippen LogP contribution is 2.16. The van der Waals surface area contributed by atoms with Gasteiger partial charge in [0.1, 0.15) is 11.6 Å². The van der Waals surface area contributed by atoms with E-state index in [2.05, 4.69) is 5.32 Å². The summed E-state index contributed by atoms with van der Waals surface area (Å²) in [6.45, 7) is 1.87. The highest BCUT2D eigenvalue weighted by atomic mass is 19.1. The van der Waals surface area contributed by atoms with Crippen LogP contribution in [0.1, 0.15) is 16.7 Å². The molecular weight excluding hydrogens is 246 g/mol. The molecule has 19 heavy (non-hydrogen) atoms. The van der Waals surface area contributed by atoms with Gasteiger partial charge in [0.25, 0.3) is 0 Å². The minimum atomic E-state index is -0.390. The highest BCUT2D eigenvalue weighted by Gasteiger charge is 2.04. The van der Waals surface area contributed by atoms with Gasteiger partial charge >= 0.3 is 0 Å². The van der Waals surface area contributed by atoms with Gasteiger partial charge in [-0.1, -0.05) is 6.07 Å². The lowest BCUT2D eigenvalue weighted by Gasteiger charge is -2.08. The molecule has 0 fully saturated rings. The summed E-state index contributed by atoms with van der Waals surface area (Å²) in [4.78, 5) is 0. The molecule has 0 bridgehead atoms. The lowest BCUT2D eigenvalue weighted by molar-refractivity contribution is 0.612. The summed E-state index contributed by atoms with van der Waals surface area (Å²) in [5.41, 5.74) is 1.90. The molecule has 2 rings (SSSR count). The maximum Gasteiger partial charge on any atom is 0.128 e. The van der Waals surface area contributed by atoms with Crippen LogP contribution in [0.15, 0.2) is 36.4 Å². The topological polar surface area (TPSA) is 35.8 Å². The maximum atomic E-state index is 13.5. The molecule has 0 radical (unpaired) electrons. The van der Waals surface area contributed by atoms with Gasteiger partial charge in [-0.3, -0.25) is 0 Å². The molecule has 0 aliphatic heterocycles. The van der Waals surface area contributed by atoms with Gasteiger partial charge in [0, 0.05) is 17.8 Å². The third-order valence-corrected chi connectivity index (χ3v) is 2.83. The first-order valence-electron chi connectivity index (χ1n) is 5.78. The Morgan fingerprint density at radius 2 is 1.89 bits per heavy atom. The number of halogens is 2. The Morgan fingerprint density at radius 1 is 1.11 bits per heavy atom. The fourth-order valence-electron chi connectivity index (χ4n) is 1.68. The predicted molar refractivity (Wildman–Crippen MR) is 69.6 cm³/mol. The lowest BCUT2D eigenvalue weighted by atomic mass is 10.1. The molecule has 0 aliphatic rings. The first kappa shape index (κ1) is 13.0. The minimum absolute atomic E-state index is 0.198. The second-order valence-electron chi connectivity index (χ2n) is 4.24. The zero-order chi connectivity index (χ0) is 13.8. The Kier molecular flexibility index (Phi) is 3.76. The van der Waals surface area contributed by atoms with Crippen molar-refractivity contribution < 1.29 is 8.78 Å². The van der Waals surface area contributed by atoms with E-state index in [1.807, 2.05) is 6.07 Å². The second-order valence-corrected chi connectivity index (χ2v) is 4.24. The molecular formula is C15H12F2N2. The number of anilines is 1. The van der Waals surface area contributed by atoms with Crippen LogP contribution in [0.5, 0.6) is 0 Å². The van der Waals surface area contributed by atoms with Crippen molar-refractivity contribution >= 4 is 5.69 Å². The van der Waals surface area contributed by atoms with Gasteiger partial charge < -0.3 is 5.32 Å². The van der Waals surface area contributed by atoms with Crippen molar-refractivity contribution in [3.63, 3.8) is 0 Å². The van der Waals surface area contributed by atoms with Crippen LogP contribution in [-0.4, -0.2) is 0 Å². The Labute approximate surface area is 110 Å². The summed E-state index contributed by atoms with van der Waals surface area (Å²) >= 11 is 0. The molecule has 0 spiro atoms. The Bertz CT molecular complexity index is 645. The lowest BCUT2D eigenvalue weighted by Crippen LogP contribution is -2.02. The third kappa shape index (κ3) is 3.08. The van der Waals surface area contributed by atoms with Crippen LogP contribution in [0.3, 0.4) is 0 Å². The van der Waals surface area contributed by atoms with Crippen molar-refractivity contribution in [3.8, 4) is 6.07 Å². The summed E-state index contributed by atoms with van der Waals surface area (Å²) in [6.07, 6.45) is 0. The Balaban J connectivity index is 2.14. The summed E-state index contributed by atoms with van der Waals surface area (Å²) in [7, 11) is 0. The quantitative estimate of drug-likeness (QED) is 0.909. The van der Waals surface area contributed by atoms with Crippen molar-refractivity contribution in [1.29, 1.82) is 5.26 Å². The van der Waals surface area contributed by atoms with Crippen molar-refractivity contribution in [2.45, 2.75) is 13.5 Å². The molecule has 2 aromatic carbocycles. The maximum absolute atomic E-state index is 13.5. The molecule has 0 aliphatic carbocycles. The number of nitrogens with one attached hydrogen (secondary N) is 1. The van der Waals surface area contributed by atoms with Crippen LogP contribution >= 0.6 is 0 Å². The van der Waals surface area contributed by atoms with Gasteiger partial charge in [0.05, 0.1) is 11.6 Å². The van der Waals surface area contributed by atoms with E-state index in [1.165, 1.54) is 24.3 Å². The fourth-order valence-corrected chi connectivity index (χ4v) is 1.68. The van der Waals surface area contributed by atoms with Crippen LogP contribution in [0, 0.1) is 29.9 Å². The van der Waals surface area contributed by atoms with Gasteiger partial charge in [-0.05, 0) is 42.8 Å². The molecule has 0 unspecified atom stereocenters. The molecule has 2 aromatic rings. The van der Waals surface area contributed by atoms with Crippen LogP contribution in [0.2, 0.25) is 0 Å². The van der Waals surface area contributed by atoms with Crippen molar-refractivity contribution in [2.24, 2.45) is 0 Å². The van der Waals surface area contributed by atoms with E-state index < -0.39 is 0 Å². The summed E-state index contributed by atoms with van der Waals surface area (Å²) in [5, 5.41) is 11.7. The number of aryl methyl sites for hydroxylation is 1. The fraction of sp³-hybridized carbons (Fsp3) is 0.133. The van der Waals surface area contributed by atoms with Crippen molar-refractivity contribution in [3.05, 3.63) is 64.7 Å². The van der Waals surface area contributed by atoms with E-state index >= 15 is 0 Å². The zero-order valence-corrected chi connectivity index (χ0v) is 10.4. The number of rotatable bonds is 3. The first-order valence-corrected chi connectivity index (χ1v) is 5.78. The van der Waals surface area contributed by atoms with Crippen molar-refractivity contribution in [1.82, 2.24) is 0 Å². The largest absolute Gasteiger partial charge is 0.381 e. The standard InChI is InChI=1S/C15H12F2N2/c1-10-2-4-13(7-15(10)17)19-9-12-6-11(8-18)3-5-14(12)16/h2-7,19H,9H2,1H3. The van der Waals surface area contributed by atoms with E-state index in [4.69, 9.17) is 5.26 Å². The molecule has 0 heterocycles. The average Bonchev–Trinajstić information content (AvgIpc) is 2.41. The average molecular weight is 258 g/mol. The van der Waals surface area contributed by atoms with E-state index in [9.17, 15) is 8.78 Å². The monoisotopic (exact) mass is 258 g/mol. The highest BCUT2D eigenvalue weighted by molar-refractivity contribution is 5.46. The number of hydrogen-bond acceptors (Lipinski definition) is 2. The van der Waals surface area contributed by atoms with Crippen LogP contribution < -0.4 is 5.32 Å². The van der Waals surface area contributed by atoms with E-state index in [-0.39, 0.29) is 18.2 Å². The minimum Gasteiger partial charge on any atom is -0.381 e. The molecule has 96 valence electrons. The Morgan fingerprint density at radius 3 is 2.58 bits per heavy atom. The molecule has 0 atom stereocenters. The summed E-state index contributed by atoms with van der Waals surface area (Å²) < 4.78 is 26.9. The number of nitrogens with zero attached hydrogens (tertiary/aromatic N) is 1. The second kappa shape index (κ2) is 5.49. The van der Waals surface area contributed by atoms with E-state index in [0.29, 0.717) is 22.4 Å². The van der Waals surface area contributed by atoms with Gasteiger partial charge in [-0.25, -0.2) is 8.78 Å². The summed E-state index contributed by atoms with van der Waals surface area (Å²) in [5.74, 6) is -0.699. The zero-order valence-electron chi connectivity index (χ0n) is 10.4. The summed E-state index contributed by atoms with van der Waals surface area (Å²) in [6, 6.07) is 10.9. The molecule has 1 N–H and O–H groups in total.